The highest BCUT2D eigenvalue weighted by Gasteiger charge is 2.18. The summed E-state index contributed by atoms with van der Waals surface area (Å²) in [6.07, 6.45) is 7.19. The maximum absolute atomic E-state index is 12.4. The first-order valence-electron chi connectivity index (χ1n) is 9.56. The van der Waals surface area contributed by atoms with Crippen molar-refractivity contribution in [3.8, 4) is 0 Å². The number of carbonyl (C=O) groups excluding carboxylic acids is 2. The number of carbonyl (C=O) groups is 2. The van der Waals surface area contributed by atoms with Crippen LogP contribution in [0.5, 0.6) is 0 Å². The number of hydrogen-bond acceptors (Lipinski definition) is 5. The van der Waals surface area contributed by atoms with E-state index in [-0.39, 0.29) is 23.8 Å². The summed E-state index contributed by atoms with van der Waals surface area (Å²) >= 11 is 1.49. The molecule has 2 N–H and O–H groups in total. The molecule has 3 heterocycles. The van der Waals surface area contributed by atoms with Crippen molar-refractivity contribution in [3.05, 3.63) is 79.8 Å². The molecule has 8 heteroatoms. The van der Waals surface area contributed by atoms with Crippen molar-refractivity contribution >= 4 is 23.2 Å². The van der Waals surface area contributed by atoms with Crippen molar-refractivity contribution in [1.29, 1.82) is 0 Å². The summed E-state index contributed by atoms with van der Waals surface area (Å²) in [6, 6.07) is 9.93. The van der Waals surface area contributed by atoms with Crippen molar-refractivity contribution in [2.45, 2.75) is 38.6 Å². The standard InChI is InChI=1S/C21H21N3O4S/c25-19-8-4-5-11-24(19)13-15-9-10-16(28-15)20(26)22-23-21(27)18-12-14-6-2-1-3-7-17(14)29-18/h4-5,8-12H,1-3,6-7,13H2,(H,22,26)(H,23,27). The number of fused-ring (bicyclic) bond motifs is 1. The highest BCUT2D eigenvalue weighted by molar-refractivity contribution is 7.14. The van der Waals surface area contributed by atoms with E-state index in [4.69, 9.17) is 4.42 Å². The number of rotatable bonds is 4. The summed E-state index contributed by atoms with van der Waals surface area (Å²) in [6.45, 7) is 0.222. The Morgan fingerprint density at radius 3 is 2.72 bits per heavy atom. The van der Waals surface area contributed by atoms with Gasteiger partial charge < -0.3 is 8.98 Å². The normalized spacial score (nSPS) is 13.4. The van der Waals surface area contributed by atoms with Gasteiger partial charge in [0.25, 0.3) is 11.5 Å². The van der Waals surface area contributed by atoms with E-state index in [0.717, 1.165) is 25.7 Å². The molecule has 4 rings (SSSR count). The van der Waals surface area contributed by atoms with E-state index in [9.17, 15) is 14.4 Å². The summed E-state index contributed by atoms with van der Waals surface area (Å²) in [7, 11) is 0. The molecule has 29 heavy (non-hydrogen) atoms. The zero-order valence-corrected chi connectivity index (χ0v) is 16.6. The van der Waals surface area contributed by atoms with Gasteiger partial charge in [0.05, 0.1) is 11.4 Å². The van der Waals surface area contributed by atoms with E-state index in [0.29, 0.717) is 10.6 Å². The van der Waals surface area contributed by atoms with Crippen LogP contribution >= 0.6 is 11.3 Å². The number of amides is 2. The van der Waals surface area contributed by atoms with Crippen LogP contribution in [0.4, 0.5) is 0 Å². The Kier molecular flexibility index (Phi) is 5.62. The van der Waals surface area contributed by atoms with E-state index in [1.165, 1.54) is 44.9 Å². The van der Waals surface area contributed by atoms with Crippen LogP contribution < -0.4 is 16.4 Å². The number of hydrazine groups is 1. The fraction of sp³-hybridized carbons (Fsp3) is 0.286. The molecule has 2 amide bonds. The number of aromatic nitrogens is 1. The number of furan rings is 1. The lowest BCUT2D eigenvalue weighted by Crippen LogP contribution is -2.41. The van der Waals surface area contributed by atoms with E-state index < -0.39 is 5.91 Å². The van der Waals surface area contributed by atoms with Crippen LogP contribution in [0.15, 0.2) is 51.8 Å². The second-order valence-electron chi connectivity index (χ2n) is 6.96. The number of aryl methyl sites for hydroxylation is 2. The minimum atomic E-state index is -0.553. The number of nitrogens with one attached hydrogen (secondary N) is 2. The van der Waals surface area contributed by atoms with Crippen LogP contribution in [0.25, 0.3) is 0 Å². The van der Waals surface area contributed by atoms with E-state index in [1.807, 2.05) is 6.07 Å². The van der Waals surface area contributed by atoms with Gasteiger partial charge in [-0.3, -0.25) is 25.2 Å². The Labute approximate surface area is 171 Å². The summed E-state index contributed by atoms with van der Waals surface area (Å²) in [5.41, 5.74) is 5.92. The second kappa shape index (κ2) is 8.48. The summed E-state index contributed by atoms with van der Waals surface area (Å²) in [5.74, 6) is -0.356. The molecule has 0 saturated carbocycles. The van der Waals surface area contributed by atoms with Crippen LogP contribution in [-0.2, 0) is 19.4 Å². The lowest BCUT2D eigenvalue weighted by atomic mass is 10.1. The lowest BCUT2D eigenvalue weighted by Gasteiger charge is -2.05. The van der Waals surface area contributed by atoms with Gasteiger partial charge in [0.15, 0.2) is 5.76 Å². The van der Waals surface area contributed by atoms with Crippen molar-refractivity contribution in [1.82, 2.24) is 15.4 Å². The predicted octanol–water partition coefficient (Wildman–Crippen LogP) is 2.89. The maximum Gasteiger partial charge on any atom is 0.305 e. The zero-order valence-electron chi connectivity index (χ0n) is 15.8. The number of hydrogen-bond donors (Lipinski definition) is 2. The van der Waals surface area contributed by atoms with Crippen molar-refractivity contribution < 1.29 is 14.0 Å². The van der Waals surface area contributed by atoms with Gasteiger partial charge in [-0.1, -0.05) is 12.5 Å². The Bertz CT molecular complexity index is 1070. The van der Waals surface area contributed by atoms with Gasteiger partial charge in [0.1, 0.15) is 5.76 Å². The molecule has 0 fully saturated rings. The average molecular weight is 411 g/mol. The largest absolute Gasteiger partial charge is 0.454 e. The van der Waals surface area contributed by atoms with Gasteiger partial charge in [-0.05, 0) is 55.5 Å². The number of pyridine rings is 1. The van der Waals surface area contributed by atoms with Crippen LogP contribution in [0.1, 0.15) is 55.7 Å². The van der Waals surface area contributed by atoms with Crippen LogP contribution in [0.3, 0.4) is 0 Å². The Hall–Kier alpha value is -3.13. The molecule has 7 nitrogen and oxygen atoms in total. The van der Waals surface area contributed by atoms with Crippen LogP contribution in [0.2, 0.25) is 0 Å². The summed E-state index contributed by atoms with van der Waals surface area (Å²) in [4.78, 5) is 38.3. The first-order valence-corrected chi connectivity index (χ1v) is 10.4. The quantitative estimate of drug-likeness (QED) is 0.510. The second-order valence-corrected chi connectivity index (χ2v) is 8.10. The van der Waals surface area contributed by atoms with Gasteiger partial charge in [0, 0.05) is 17.1 Å². The minimum Gasteiger partial charge on any atom is -0.454 e. The maximum atomic E-state index is 12.4. The molecule has 0 atom stereocenters. The van der Waals surface area contributed by atoms with Gasteiger partial charge >= 0.3 is 5.91 Å². The highest BCUT2D eigenvalue weighted by Crippen LogP contribution is 2.28. The molecule has 3 aromatic rings. The molecule has 1 aliphatic rings. The molecule has 150 valence electrons. The van der Waals surface area contributed by atoms with Gasteiger partial charge in [-0.15, -0.1) is 11.3 Å². The fourth-order valence-corrected chi connectivity index (χ4v) is 4.51. The van der Waals surface area contributed by atoms with E-state index >= 15 is 0 Å². The Morgan fingerprint density at radius 2 is 1.86 bits per heavy atom. The number of thiophene rings is 1. The summed E-state index contributed by atoms with van der Waals surface area (Å²) < 4.78 is 6.98. The SMILES string of the molecule is O=C(NNC(=O)c1cc2c(s1)CCCCC2)c1ccc(Cn2ccccc2=O)o1. The average Bonchev–Trinajstić information content (AvgIpc) is 3.30. The zero-order chi connectivity index (χ0) is 20.2. The molecule has 0 aromatic carbocycles. The lowest BCUT2D eigenvalue weighted by molar-refractivity contribution is 0.0831. The van der Waals surface area contributed by atoms with Gasteiger partial charge in [-0.25, -0.2) is 0 Å². The monoisotopic (exact) mass is 411 g/mol. The molecular formula is C21H21N3O4S. The van der Waals surface area contributed by atoms with E-state index in [1.54, 1.807) is 24.4 Å². The third-order valence-corrected chi connectivity index (χ3v) is 6.11. The number of nitrogens with zero attached hydrogens (tertiary/aromatic N) is 1. The molecule has 0 bridgehead atoms. The van der Waals surface area contributed by atoms with Crippen molar-refractivity contribution in [3.63, 3.8) is 0 Å². The third kappa shape index (κ3) is 4.48. The molecule has 3 aromatic heterocycles. The Balaban J connectivity index is 1.35. The molecule has 1 aliphatic carbocycles. The smallest absolute Gasteiger partial charge is 0.305 e. The van der Waals surface area contributed by atoms with Crippen molar-refractivity contribution in [2.75, 3.05) is 0 Å². The van der Waals surface area contributed by atoms with Crippen LogP contribution in [-0.4, -0.2) is 16.4 Å². The molecule has 0 saturated heterocycles. The predicted molar refractivity (Wildman–Crippen MR) is 109 cm³/mol. The molecule has 0 spiro atoms. The first-order chi connectivity index (χ1) is 14.1. The van der Waals surface area contributed by atoms with Gasteiger partial charge in [0.2, 0.25) is 0 Å². The highest BCUT2D eigenvalue weighted by atomic mass is 32.1. The molecule has 0 unspecified atom stereocenters. The molecule has 0 radical (unpaired) electrons. The Morgan fingerprint density at radius 1 is 1.03 bits per heavy atom. The molecule has 0 aliphatic heterocycles. The fourth-order valence-electron chi connectivity index (χ4n) is 3.36. The van der Waals surface area contributed by atoms with Gasteiger partial charge in [-0.2, -0.15) is 0 Å². The minimum absolute atomic E-state index is 0.0613. The first kappa shape index (κ1) is 19.2. The van der Waals surface area contributed by atoms with E-state index in [2.05, 4.69) is 10.9 Å². The summed E-state index contributed by atoms with van der Waals surface area (Å²) in [5, 5.41) is 0. The molecular weight excluding hydrogens is 390 g/mol. The topological polar surface area (TPSA) is 93.3 Å². The van der Waals surface area contributed by atoms with Crippen LogP contribution in [0, 0.1) is 0 Å². The third-order valence-electron chi connectivity index (χ3n) is 4.87. The van der Waals surface area contributed by atoms with Crippen molar-refractivity contribution in [2.24, 2.45) is 0 Å².